The van der Waals surface area contributed by atoms with Gasteiger partial charge in [-0.05, 0) is 37.5 Å². The Morgan fingerprint density at radius 1 is 1.14 bits per heavy atom. The zero-order chi connectivity index (χ0) is 15.0. The quantitative estimate of drug-likeness (QED) is 0.768. The van der Waals surface area contributed by atoms with E-state index in [0.29, 0.717) is 6.04 Å². The fourth-order valence-corrected chi connectivity index (χ4v) is 3.02. The monoisotopic (exact) mass is 299 g/mol. The lowest BCUT2D eigenvalue weighted by molar-refractivity contribution is 0.463. The van der Waals surface area contributed by atoms with Gasteiger partial charge in [0.2, 0.25) is 0 Å². The van der Waals surface area contributed by atoms with E-state index in [2.05, 4.69) is 45.0 Å². The molecule has 1 aromatic heterocycles. The Kier molecular flexibility index (Phi) is 5.29. The van der Waals surface area contributed by atoms with Crippen LogP contribution in [0.3, 0.4) is 0 Å². The Labute approximate surface area is 132 Å². The minimum atomic E-state index is 0.649. The van der Waals surface area contributed by atoms with Gasteiger partial charge >= 0.3 is 0 Å². The molecule has 1 aromatic carbocycles. The van der Waals surface area contributed by atoms with Crippen LogP contribution < -0.4 is 10.6 Å². The van der Waals surface area contributed by atoms with Gasteiger partial charge in [-0.1, -0.05) is 25.3 Å². The fraction of sp³-hybridized carbons (Fsp3) is 0.529. The van der Waals surface area contributed by atoms with Gasteiger partial charge in [0.05, 0.1) is 0 Å². The predicted molar refractivity (Wildman–Crippen MR) is 90.1 cm³/mol. The molecular weight excluding hydrogens is 274 g/mol. The van der Waals surface area contributed by atoms with Crippen molar-refractivity contribution < 1.29 is 0 Å². The third-order valence-corrected chi connectivity index (χ3v) is 4.20. The van der Waals surface area contributed by atoms with Gasteiger partial charge in [0, 0.05) is 30.5 Å². The number of anilines is 2. The summed E-state index contributed by atoms with van der Waals surface area (Å²) < 4.78 is 1.86. The van der Waals surface area contributed by atoms with Crippen molar-refractivity contribution in [2.75, 3.05) is 17.2 Å². The Balaban J connectivity index is 1.44. The molecule has 118 valence electrons. The van der Waals surface area contributed by atoms with Gasteiger partial charge in [-0.25, -0.2) is 4.98 Å². The predicted octanol–water partition coefficient (Wildman–Crippen LogP) is 3.52. The van der Waals surface area contributed by atoms with E-state index in [-0.39, 0.29) is 0 Å². The number of nitrogens with zero attached hydrogens (tertiary/aromatic N) is 3. The summed E-state index contributed by atoms with van der Waals surface area (Å²) in [7, 11) is 0. The fourth-order valence-electron chi connectivity index (χ4n) is 3.02. The maximum Gasteiger partial charge on any atom is 0.137 e. The summed E-state index contributed by atoms with van der Waals surface area (Å²) >= 11 is 0. The molecule has 5 nitrogen and oxygen atoms in total. The summed E-state index contributed by atoms with van der Waals surface area (Å²) in [5.41, 5.74) is 2.41. The van der Waals surface area contributed by atoms with Crippen molar-refractivity contribution in [2.24, 2.45) is 0 Å². The maximum atomic E-state index is 4.11. The molecule has 22 heavy (non-hydrogen) atoms. The van der Waals surface area contributed by atoms with Gasteiger partial charge < -0.3 is 10.6 Å². The van der Waals surface area contributed by atoms with Gasteiger partial charge in [-0.15, -0.1) is 0 Å². The van der Waals surface area contributed by atoms with E-state index in [1.807, 2.05) is 4.68 Å². The van der Waals surface area contributed by atoms with E-state index in [1.54, 1.807) is 12.7 Å². The van der Waals surface area contributed by atoms with Crippen LogP contribution >= 0.6 is 0 Å². The minimum absolute atomic E-state index is 0.649. The van der Waals surface area contributed by atoms with Crippen LogP contribution in [0.5, 0.6) is 0 Å². The van der Waals surface area contributed by atoms with Crippen LogP contribution in [-0.2, 0) is 6.54 Å². The van der Waals surface area contributed by atoms with Crippen LogP contribution in [0, 0.1) is 0 Å². The molecule has 1 fully saturated rings. The molecule has 1 aliphatic rings. The molecule has 1 saturated carbocycles. The molecular formula is C17H25N5. The lowest BCUT2D eigenvalue weighted by Crippen LogP contribution is -2.22. The number of aryl methyl sites for hydroxylation is 1. The molecule has 0 saturated heterocycles. The van der Waals surface area contributed by atoms with Gasteiger partial charge in [0.1, 0.15) is 12.7 Å². The minimum Gasteiger partial charge on any atom is -0.385 e. The molecule has 0 amide bonds. The van der Waals surface area contributed by atoms with Crippen molar-refractivity contribution in [3.05, 3.63) is 36.9 Å². The van der Waals surface area contributed by atoms with Crippen molar-refractivity contribution in [2.45, 2.75) is 51.1 Å². The van der Waals surface area contributed by atoms with Crippen LogP contribution in [-0.4, -0.2) is 27.4 Å². The van der Waals surface area contributed by atoms with Crippen LogP contribution in [0.1, 0.15) is 38.5 Å². The maximum absolute atomic E-state index is 4.11. The Hall–Kier alpha value is -2.04. The zero-order valence-electron chi connectivity index (χ0n) is 13.0. The second kappa shape index (κ2) is 7.82. The van der Waals surface area contributed by atoms with Gasteiger partial charge in [-0.3, -0.25) is 4.68 Å². The number of nitrogens with one attached hydrogen (secondary N) is 2. The molecule has 0 spiro atoms. The number of hydrogen-bond donors (Lipinski definition) is 2. The Morgan fingerprint density at radius 2 is 2.00 bits per heavy atom. The van der Waals surface area contributed by atoms with Crippen molar-refractivity contribution >= 4 is 11.4 Å². The summed E-state index contributed by atoms with van der Waals surface area (Å²) in [4.78, 5) is 3.95. The zero-order valence-corrected chi connectivity index (χ0v) is 13.0. The van der Waals surface area contributed by atoms with E-state index in [1.165, 1.54) is 43.5 Å². The van der Waals surface area contributed by atoms with E-state index in [4.69, 9.17) is 0 Å². The standard InChI is InChI=1S/C17H25N5/c1-2-6-15(7-3-1)21-17-9-4-8-16(12-17)19-10-5-11-22-14-18-13-20-22/h4,8-9,12-15,19,21H,1-3,5-7,10-11H2. The SMILES string of the molecule is c1cc(NCCCn2cncn2)cc(NC2CCCCC2)c1. The molecule has 5 heteroatoms. The topological polar surface area (TPSA) is 54.8 Å². The van der Waals surface area contributed by atoms with Crippen LogP contribution in [0.15, 0.2) is 36.9 Å². The number of benzene rings is 1. The molecule has 0 radical (unpaired) electrons. The van der Waals surface area contributed by atoms with Crippen LogP contribution in [0.2, 0.25) is 0 Å². The van der Waals surface area contributed by atoms with E-state index >= 15 is 0 Å². The summed E-state index contributed by atoms with van der Waals surface area (Å²) in [6.07, 6.45) is 11.1. The molecule has 2 aromatic rings. The summed E-state index contributed by atoms with van der Waals surface area (Å²) in [5, 5.41) is 11.3. The van der Waals surface area contributed by atoms with Gasteiger partial charge in [-0.2, -0.15) is 5.10 Å². The molecule has 2 N–H and O–H groups in total. The van der Waals surface area contributed by atoms with Crippen molar-refractivity contribution in [1.82, 2.24) is 14.8 Å². The highest BCUT2D eigenvalue weighted by atomic mass is 15.3. The smallest absolute Gasteiger partial charge is 0.137 e. The van der Waals surface area contributed by atoms with Crippen molar-refractivity contribution in [3.63, 3.8) is 0 Å². The molecule has 0 aliphatic heterocycles. The third kappa shape index (κ3) is 4.48. The highest BCUT2D eigenvalue weighted by Crippen LogP contribution is 2.23. The molecule has 0 atom stereocenters. The highest BCUT2D eigenvalue weighted by molar-refractivity contribution is 5.57. The first kappa shape index (κ1) is 14.9. The highest BCUT2D eigenvalue weighted by Gasteiger charge is 2.12. The first-order valence-corrected chi connectivity index (χ1v) is 8.33. The van der Waals surface area contributed by atoms with E-state index in [0.717, 1.165) is 19.5 Å². The average molecular weight is 299 g/mol. The second-order valence-corrected chi connectivity index (χ2v) is 6.00. The summed E-state index contributed by atoms with van der Waals surface area (Å²) in [6.45, 7) is 1.83. The average Bonchev–Trinajstić information content (AvgIpc) is 3.06. The Morgan fingerprint density at radius 3 is 2.82 bits per heavy atom. The van der Waals surface area contributed by atoms with E-state index in [9.17, 15) is 0 Å². The third-order valence-electron chi connectivity index (χ3n) is 4.20. The number of aromatic nitrogens is 3. The second-order valence-electron chi connectivity index (χ2n) is 6.00. The van der Waals surface area contributed by atoms with Gasteiger partial charge in [0.15, 0.2) is 0 Å². The lowest BCUT2D eigenvalue weighted by Gasteiger charge is -2.24. The first-order valence-electron chi connectivity index (χ1n) is 8.33. The molecule has 1 aliphatic carbocycles. The van der Waals surface area contributed by atoms with E-state index < -0.39 is 0 Å². The van der Waals surface area contributed by atoms with Gasteiger partial charge in [0.25, 0.3) is 0 Å². The number of rotatable bonds is 7. The van der Waals surface area contributed by atoms with Crippen LogP contribution in [0.4, 0.5) is 11.4 Å². The summed E-state index contributed by atoms with van der Waals surface area (Å²) in [6, 6.07) is 9.27. The normalized spacial score (nSPS) is 15.6. The molecule has 0 unspecified atom stereocenters. The molecule has 3 rings (SSSR count). The largest absolute Gasteiger partial charge is 0.385 e. The van der Waals surface area contributed by atoms with Crippen LogP contribution in [0.25, 0.3) is 0 Å². The molecule has 0 bridgehead atoms. The van der Waals surface area contributed by atoms with Crippen molar-refractivity contribution in [1.29, 1.82) is 0 Å². The molecule has 1 heterocycles. The lowest BCUT2D eigenvalue weighted by atomic mass is 9.95. The first-order chi connectivity index (χ1) is 10.9. The summed E-state index contributed by atoms with van der Waals surface area (Å²) in [5.74, 6) is 0. The number of hydrogen-bond acceptors (Lipinski definition) is 4. The Bertz CT molecular complexity index is 546. The van der Waals surface area contributed by atoms with Crippen molar-refractivity contribution in [3.8, 4) is 0 Å².